The van der Waals surface area contributed by atoms with E-state index in [2.05, 4.69) is 5.32 Å². The Labute approximate surface area is 192 Å². The van der Waals surface area contributed by atoms with Crippen LogP contribution in [0.1, 0.15) is 15.9 Å². The van der Waals surface area contributed by atoms with E-state index in [0.29, 0.717) is 17.1 Å². The quantitative estimate of drug-likeness (QED) is 0.507. The molecule has 3 rings (SSSR count). The molecule has 0 aliphatic carbocycles. The molecule has 0 unspecified atom stereocenters. The molecule has 3 aromatic rings. The lowest BCUT2D eigenvalue weighted by molar-refractivity contribution is -0.119. The molecule has 0 saturated carbocycles. The molecule has 1 amide bonds. The number of rotatable bonds is 8. The molecule has 9 heteroatoms. The number of nitrogens with one attached hydrogen (secondary N) is 1. The first-order valence-corrected chi connectivity index (χ1v) is 11.4. The molecule has 0 atom stereocenters. The smallest absolute Gasteiger partial charge is 0.338 e. The zero-order valence-corrected chi connectivity index (χ0v) is 19.3. The number of anilines is 2. The number of ether oxygens (including phenoxy) is 2. The number of methoxy groups -OCH3 is 1. The van der Waals surface area contributed by atoms with E-state index in [1.54, 1.807) is 36.4 Å². The van der Waals surface area contributed by atoms with Gasteiger partial charge in [0.05, 0.1) is 23.3 Å². The Balaban J connectivity index is 1.64. The van der Waals surface area contributed by atoms with Crippen molar-refractivity contribution in [2.75, 3.05) is 30.4 Å². The molecule has 3 aromatic carbocycles. The second-order valence-corrected chi connectivity index (χ2v) is 9.13. The van der Waals surface area contributed by atoms with Crippen LogP contribution in [0.4, 0.5) is 11.4 Å². The highest BCUT2D eigenvalue weighted by atomic mass is 32.2. The van der Waals surface area contributed by atoms with Crippen LogP contribution >= 0.6 is 0 Å². The maximum absolute atomic E-state index is 13.0. The summed E-state index contributed by atoms with van der Waals surface area (Å²) in [5, 5.41) is 2.63. The second-order valence-electron chi connectivity index (χ2n) is 7.16. The van der Waals surface area contributed by atoms with E-state index in [9.17, 15) is 18.0 Å². The van der Waals surface area contributed by atoms with Crippen LogP contribution in [-0.2, 0) is 19.6 Å². The largest absolute Gasteiger partial charge is 0.495 e. The van der Waals surface area contributed by atoms with Crippen LogP contribution in [0, 0.1) is 6.92 Å². The fourth-order valence-corrected chi connectivity index (χ4v) is 4.19. The molecule has 0 aliphatic rings. The molecule has 0 fully saturated rings. The van der Waals surface area contributed by atoms with E-state index in [4.69, 9.17) is 9.47 Å². The summed E-state index contributed by atoms with van der Waals surface area (Å²) in [6.45, 7) is 1.46. The van der Waals surface area contributed by atoms with Gasteiger partial charge in [0.1, 0.15) is 5.75 Å². The lowest BCUT2D eigenvalue weighted by Gasteiger charge is -2.21. The van der Waals surface area contributed by atoms with Crippen molar-refractivity contribution < 1.29 is 27.5 Å². The number of aryl methyl sites for hydroxylation is 1. The molecule has 172 valence electrons. The summed E-state index contributed by atoms with van der Waals surface area (Å²) >= 11 is 0. The highest BCUT2D eigenvalue weighted by Gasteiger charge is 2.24. The molecule has 0 saturated heterocycles. The minimum Gasteiger partial charge on any atom is -0.495 e. The van der Waals surface area contributed by atoms with E-state index in [1.165, 1.54) is 38.4 Å². The molecule has 0 bridgehead atoms. The Hall–Kier alpha value is -3.85. The third-order valence-electron chi connectivity index (χ3n) is 4.84. The van der Waals surface area contributed by atoms with Crippen molar-refractivity contribution in [2.45, 2.75) is 11.8 Å². The van der Waals surface area contributed by atoms with Crippen LogP contribution in [-0.4, -0.2) is 41.1 Å². The van der Waals surface area contributed by atoms with Crippen molar-refractivity contribution in [3.05, 3.63) is 83.9 Å². The Morgan fingerprint density at radius 1 is 0.939 bits per heavy atom. The molecule has 8 nitrogen and oxygen atoms in total. The first kappa shape index (κ1) is 23.8. The highest BCUT2D eigenvalue weighted by molar-refractivity contribution is 7.92. The maximum atomic E-state index is 13.0. The van der Waals surface area contributed by atoms with Gasteiger partial charge in [0.25, 0.3) is 15.9 Å². The summed E-state index contributed by atoms with van der Waals surface area (Å²) in [6.07, 6.45) is 0. The molecular weight excluding hydrogens is 444 g/mol. The van der Waals surface area contributed by atoms with Crippen LogP contribution in [0.3, 0.4) is 0 Å². The summed E-state index contributed by atoms with van der Waals surface area (Å²) in [5.41, 5.74) is 2.15. The zero-order chi connectivity index (χ0) is 24.0. The van der Waals surface area contributed by atoms with Crippen LogP contribution in [0.25, 0.3) is 0 Å². The highest BCUT2D eigenvalue weighted by Crippen LogP contribution is 2.30. The Morgan fingerprint density at radius 2 is 1.58 bits per heavy atom. The number of carbonyl (C=O) groups excluding carboxylic acids is 2. The monoisotopic (exact) mass is 468 g/mol. The van der Waals surface area contributed by atoms with Gasteiger partial charge >= 0.3 is 5.97 Å². The normalized spacial score (nSPS) is 10.9. The molecule has 0 aliphatic heterocycles. The number of para-hydroxylation sites is 2. The number of carbonyl (C=O) groups is 2. The third-order valence-corrected chi connectivity index (χ3v) is 6.63. The van der Waals surface area contributed by atoms with Gasteiger partial charge in [-0.3, -0.25) is 9.10 Å². The van der Waals surface area contributed by atoms with Gasteiger partial charge in [0.2, 0.25) is 0 Å². The van der Waals surface area contributed by atoms with Gasteiger partial charge in [-0.15, -0.1) is 0 Å². The van der Waals surface area contributed by atoms with Gasteiger partial charge in [-0.05, 0) is 55.5 Å². The predicted molar refractivity (Wildman–Crippen MR) is 125 cm³/mol. The maximum Gasteiger partial charge on any atom is 0.338 e. The van der Waals surface area contributed by atoms with Crippen LogP contribution in [0.5, 0.6) is 5.75 Å². The van der Waals surface area contributed by atoms with Crippen molar-refractivity contribution in [1.29, 1.82) is 0 Å². The minimum atomic E-state index is -3.89. The summed E-state index contributed by atoms with van der Waals surface area (Å²) in [4.78, 5) is 24.3. The lowest BCUT2D eigenvalue weighted by atomic mass is 10.2. The lowest BCUT2D eigenvalue weighted by Crippen LogP contribution is -2.27. The summed E-state index contributed by atoms with van der Waals surface area (Å²) in [7, 11) is -1.02. The van der Waals surface area contributed by atoms with E-state index >= 15 is 0 Å². The fraction of sp³-hybridized carbons (Fsp3) is 0.167. The van der Waals surface area contributed by atoms with Gasteiger partial charge in [-0.1, -0.05) is 29.8 Å². The summed E-state index contributed by atoms with van der Waals surface area (Å²) in [5.74, 6) is -0.811. The van der Waals surface area contributed by atoms with Crippen molar-refractivity contribution in [1.82, 2.24) is 0 Å². The minimum absolute atomic E-state index is 0.00966. The number of nitrogens with zero attached hydrogens (tertiary/aromatic N) is 1. The molecule has 0 aromatic heterocycles. The average molecular weight is 469 g/mol. The van der Waals surface area contributed by atoms with Crippen LogP contribution in [0.2, 0.25) is 0 Å². The third kappa shape index (κ3) is 5.69. The summed E-state index contributed by atoms with van der Waals surface area (Å²) in [6, 6.07) is 19.2. The fourth-order valence-electron chi connectivity index (χ4n) is 2.99. The Kier molecular flexibility index (Phi) is 7.34. The summed E-state index contributed by atoms with van der Waals surface area (Å²) < 4.78 is 37.4. The van der Waals surface area contributed by atoms with E-state index < -0.39 is 28.5 Å². The van der Waals surface area contributed by atoms with Crippen molar-refractivity contribution >= 4 is 33.3 Å². The molecule has 0 heterocycles. The number of hydrogen-bond donors (Lipinski definition) is 1. The van der Waals surface area contributed by atoms with Crippen LogP contribution in [0.15, 0.2) is 77.7 Å². The first-order valence-electron chi connectivity index (χ1n) is 9.98. The van der Waals surface area contributed by atoms with E-state index in [-0.39, 0.29) is 10.5 Å². The standard InChI is InChI=1S/C24H24N2O6S/c1-17-8-12-19(13-9-17)25-23(27)16-32-24(28)18-10-14-20(15-11-18)33(29,30)26(2)21-6-4-5-7-22(21)31-3/h4-15H,16H2,1-3H3,(H,25,27). The first-order chi connectivity index (χ1) is 15.7. The molecule has 0 radical (unpaired) electrons. The molecular formula is C24H24N2O6S. The Morgan fingerprint density at radius 3 is 2.21 bits per heavy atom. The average Bonchev–Trinajstić information content (AvgIpc) is 2.83. The number of esters is 1. The van der Waals surface area contributed by atoms with Crippen molar-refractivity contribution in [3.8, 4) is 5.75 Å². The van der Waals surface area contributed by atoms with Gasteiger partial charge < -0.3 is 14.8 Å². The van der Waals surface area contributed by atoms with E-state index in [1.807, 2.05) is 19.1 Å². The van der Waals surface area contributed by atoms with Gasteiger partial charge in [0.15, 0.2) is 6.61 Å². The van der Waals surface area contributed by atoms with Crippen molar-refractivity contribution in [3.63, 3.8) is 0 Å². The SMILES string of the molecule is COc1ccccc1N(C)S(=O)(=O)c1ccc(C(=O)OCC(=O)Nc2ccc(C)cc2)cc1. The van der Waals surface area contributed by atoms with Gasteiger partial charge in [-0.25, -0.2) is 13.2 Å². The number of hydrogen-bond acceptors (Lipinski definition) is 6. The predicted octanol–water partition coefficient (Wildman–Crippen LogP) is 3.62. The van der Waals surface area contributed by atoms with Gasteiger partial charge in [0, 0.05) is 12.7 Å². The molecule has 0 spiro atoms. The van der Waals surface area contributed by atoms with Crippen molar-refractivity contribution in [2.24, 2.45) is 0 Å². The van der Waals surface area contributed by atoms with Crippen LogP contribution < -0.4 is 14.4 Å². The number of amides is 1. The Bertz CT molecular complexity index is 1240. The van der Waals surface area contributed by atoms with E-state index in [0.717, 1.165) is 9.87 Å². The number of sulfonamides is 1. The zero-order valence-electron chi connectivity index (χ0n) is 18.4. The van der Waals surface area contributed by atoms with Gasteiger partial charge in [-0.2, -0.15) is 0 Å². The molecule has 1 N–H and O–H groups in total. The molecule has 33 heavy (non-hydrogen) atoms. The topological polar surface area (TPSA) is 102 Å². The number of benzene rings is 3. The second kappa shape index (κ2) is 10.2.